The Bertz CT molecular complexity index is 2250. The molecule has 4 atom stereocenters. The Labute approximate surface area is 398 Å². The van der Waals surface area contributed by atoms with Crippen LogP contribution in [-0.4, -0.2) is 100 Å². The zero-order valence-electron chi connectivity index (χ0n) is 38.2. The van der Waals surface area contributed by atoms with Crippen LogP contribution >= 0.6 is 0 Å². The summed E-state index contributed by atoms with van der Waals surface area (Å²) >= 11 is 0. The molecular weight excluding hydrogens is 873 g/mol. The van der Waals surface area contributed by atoms with Crippen molar-refractivity contribution in [1.82, 2.24) is 21.3 Å². The molecule has 0 bridgehead atoms. The molecule has 4 amide bonds. The van der Waals surface area contributed by atoms with Crippen LogP contribution in [0, 0.1) is 0 Å². The lowest BCUT2D eigenvalue weighted by Gasteiger charge is -2.16. The third kappa shape index (κ3) is 22.2. The molecule has 0 aliphatic heterocycles. The minimum Gasteiger partial charge on any atom is -0.467 e. The quantitative estimate of drug-likeness (QED) is 0.0377. The molecule has 0 aromatic heterocycles. The molecule has 0 heterocycles. The van der Waals surface area contributed by atoms with Gasteiger partial charge in [0, 0.05) is 24.0 Å². The number of carbonyl (C=O) groups excluding carboxylic acids is 8. The molecule has 16 nitrogen and oxygen atoms in total. The van der Waals surface area contributed by atoms with Crippen LogP contribution < -0.4 is 21.3 Å². The van der Waals surface area contributed by atoms with Gasteiger partial charge < -0.3 is 40.2 Å². The number of allylic oxidation sites excluding steroid dienone is 1. The fourth-order valence-electron chi connectivity index (χ4n) is 5.81. The first-order valence-corrected chi connectivity index (χ1v) is 20.9. The molecule has 68 heavy (non-hydrogen) atoms. The molecule has 4 aromatic rings. The summed E-state index contributed by atoms with van der Waals surface area (Å²) < 4.78 is 18.8. The molecule has 4 aromatic carbocycles. The molecule has 16 heteroatoms. The van der Waals surface area contributed by atoms with Gasteiger partial charge in [-0.25, -0.2) is 19.2 Å². The summed E-state index contributed by atoms with van der Waals surface area (Å²) in [6.07, 6.45) is 8.23. The molecular formula is C52H62N4O12. The number of esters is 4. The summed E-state index contributed by atoms with van der Waals surface area (Å²) in [5.41, 5.74) is 2.73. The lowest BCUT2D eigenvalue weighted by molar-refractivity contribution is -0.145. The van der Waals surface area contributed by atoms with E-state index in [2.05, 4.69) is 37.3 Å². The van der Waals surface area contributed by atoms with Crippen molar-refractivity contribution >= 4 is 47.5 Å². The molecule has 0 spiro atoms. The van der Waals surface area contributed by atoms with Gasteiger partial charge in [0.1, 0.15) is 24.2 Å². The van der Waals surface area contributed by atoms with E-state index < -0.39 is 59.9 Å². The second-order valence-electron chi connectivity index (χ2n) is 14.0. The first-order chi connectivity index (χ1) is 32.3. The molecule has 4 rings (SSSR count). The topological polar surface area (TPSA) is 222 Å². The normalized spacial score (nSPS) is 11.9. The summed E-state index contributed by atoms with van der Waals surface area (Å²) in [6.45, 7) is 5.28. The first kappa shape index (κ1) is 57.9. The minimum absolute atomic E-state index is 0. The first-order valence-electron chi connectivity index (χ1n) is 20.9. The van der Waals surface area contributed by atoms with E-state index in [0.29, 0.717) is 24.0 Å². The molecule has 4 unspecified atom stereocenters. The van der Waals surface area contributed by atoms with Gasteiger partial charge in [-0.15, -0.1) is 6.58 Å². The molecule has 0 radical (unpaired) electrons. The molecule has 0 fully saturated rings. The summed E-state index contributed by atoms with van der Waals surface area (Å²) in [6, 6.07) is 32.6. The number of hydrogen-bond donors (Lipinski definition) is 4. The smallest absolute Gasteiger partial charge is 0.328 e. The van der Waals surface area contributed by atoms with Crippen molar-refractivity contribution in [3.05, 3.63) is 181 Å². The van der Waals surface area contributed by atoms with Crippen LogP contribution in [0.5, 0.6) is 0 Å². The van der Waals surface area contributed by atoms with E-state index in [1.165, 1.54) is 46.7 Å². The highest BCUT2D eigenvalue weighted by atomic mass is 16.5. The van der Waals surface area contributed by atoms with E-state index in [0.717, 1.165) is 11.1 Å². The van der Waals surface area contributed by atoms with Gasteiger partial charge in [-0.3, -0.25) is 19.2 Å². The summed E-state index contributed by atoms with van der Waals surface area (Å²) in [4.78, 5) is 95.0. The maximum atomic E-state index is 12.3. The van der Waals surface area contributed by atoms with E-state index in [9.17, 15) is 38.4 Å². The van der Waals surface area contributed by atoms with E-state index in [1.807, 2.05) is 66.7 Å². The number of carbonyl (C=O) groups is 8. The number of amides is 4. The molecule has 362 valence electrons. The Morgan fingerprint density at radius 3 is 1.13 bits per heavy atom. The van der Waals surface area contributed by atoms with Crippen molar-refractivity contribution in [3.63, 3.8) is 0 Å². The number of methoxy groups -OCH3 is 4. The zero-order chi connectivity index (χ0) is 49.4. The summed E-state index contributed by atoms with van der Waals surface area (Å²) in [7, 11) is 5.05. The lowest BCUT2D eigenvalue weighted by atomic mass is 10.1. The number of nitrogens with one attached hydrogen (secondary N) is 4. The van der Waals surface area contributed by atoms with Crippen molar-refractivity contribution in [2.45, 2.75) is 64.2 Å². The van der Waals surface area contributed by atoms with Crippen molar-refractivity contribution in [2.75, 3.05) is 28.4 Å². The van der Waals surface area contributed by atoms with Crippen LogP contribution in [0.25, 0.3) is 0 Å². The maximum absolute atomic E-state index is 12.3. The second-order valence-corrected chi connectivity index (χ2v) is 14.0. The van der Waals surface area contributed by atoms with Gasteiger partial charge in [-0.1, -0.05) is 123 Å². The highest BCUT2D eigenvalue weighted by Gasteiger charge is 2.24. The Morgan fingerprint density at radius 1 is 0.471 bits per heavy atom. The van der Waals surface area contributed by atoms with Gasteiger partial charge in [0.2, 0.25) is 11.8 Å². The van der Waals surface area contributed by atoms with Crippen LogP contribution in [0.4, 0.5) is 0 Å². The van der Waals surface area contributed by atoms with Crippen molar-refractivity contribution in [2.24, 2.45) is 0 Å². The predicted molar refractivity (Wildman–Crippen MR) is 258 cm³/mol. The number of hydrogen-bond acceptors (Lipinski definition) is 12. The van der Waals surface area contributed by atoms with Crippen molar-refractivity contribution in [1.29, 1.82) is 0 Å². The van der Waals surface area contributed by atoms with Crippen LogP contribution in [-0.2, 0) is 60.6 Å². The average Bonchev–Trinajstić information content (AvgIpc) is 3.36. The standard InChI is InChI=1S/C24H26N2O6.C14H17NO3.C13H15NO3.CH4/c1-31-23(29)19(26-22(28)18-12-7-4-8-13-18)14-9-15-21(27)25-20(24(30)32-2)16-17-10-5-3-6-11-17;1-3-7-13(16)15-12(14(17)18-2)10-11-8-5-4-6-9-11;1-3-7-11(13(16)17-2)14-12(15)10-8-5-4-6-9-10;/h3-13,15,19-20H,14,16H2,1-2H3,(H,25,27)(H,26,28);3-9,12H,10H2,1-2H3,(H,15,16);3-6,8-9,11H,1,7H2,2H3,(H,14,15);1H4/b15-9+;7-3+;;. The number of benzene rings is 4. The Balaban J connectivity index is 0.000000547. The SMILES string of the molecule is C.C/C=C/C(=O)NC(Cc1ccccc1)C(=O)OC.C=CCC(NC(=O)c1ccccc1)C(=O)OC.COC(=O)C(Cc1ccccc1)NC(=O)/C=C/CC(NC(=O)c1ccccc1)C(=O)OC. The fourth-order valence-corrected chi connectivity index (χ4v) is 5.81. The lowest BCUT2D eigenvalue weighted by Crippen LogP contribution is -2.42. The largest absolute Gasteiger partial charge is 0.467 e. The Morgan fingerprint density at radius 2 is 0.794 bits per heavy atom. The molecule has 0 aliphatic carbocycles. The zero-order valence-corrected chi connectivity index (χ0v) is 38.2. The van der Waals surface area contributed by atoms with E-state index in [1.54, 1.807) is 73.7 Å². The number of ether oxygens (including phenoxy) is 4. The van der Waals surface area contributed by atoms with Gasteiger partial charge in [-0.05, 0) is 67.3 Å². The van der Waals surface area contributed by atoms with Crippen LogP contribution in [0.1, 0.15) is 59.0 Å². The van der Waals surface area contributed by atoms with Crippen LogP contribution in [0.2, 0.25) is 0 Å². The van der Waals surface area contributed by atoms with Gasteiger partial charge in [0.25, 0.3) is 11.8 Å². The molecule has 0 saturated heterocycles. The monoisotopic (exact) mass is 934 g/mol. The van der Waals surface area contributed by atoms with Crippen LogP contribution in [0.15, 0.2) is 158 Å². The van der Waals surface area contributed by atoms with Gasteiger partial charge >= 0.3 is 23.9 Å². The van der Waals surface area contributed by atoms with Gasteiger partial charge in [-0.2, -0.15) is 0 Å². The third-order valence-corrected chi connectivity index (χ3v) is 9.19. The second kappa shape index (κ2) is 33.4. The van der Waals surface area contributed by atoms with Crippen LogP contribution in [0.3, 0.4) is 0 Å². The van der Waals surface area contributed by atoms with Crippen molar-refractivity contribution < 1.29 is 57.3 Å². The Hall–Kier alpha value is -8.14. The molecule has 4 N–H and O–H groups in total. The highest BCUT2D eigenvalue weighted by molar-refractivity contribution is 5.98. The maximum Gasteiger partial charge on any atom is 0.328 e. The summed E-state index contributed by atoms with van der Waals surface area (Å²) in [5.74, 6) is -3.71. The van der Waals surface area contributed by atoms with E-state index in [-0.39, 0.29) is 32.1 Å². The van der Waals surface area contributed by atoms with Crippen molar-refractivity contribution in [3.8, 4) is 0 Å². The predicted octanol–water partition coefficient (Wildman–Crippen LogP) is 5.44. The Kier molecular flexibility index (Phi) is 28.4. The molecule has 0 aliphatic rings. The van der Waals surface area contributed by atoms with E-state index in [4.69, 9.17) is 9.47 Å². The highest BCUT2D eigenvalue weighted by Crippen LogP contribution is 2.08. The third-order valence-electron chi connectivity index (χ3n) is 9.19. The van der Waals surface area contributed by atoms with Gasteiger partial charge in [0.15, 0.2) is 0 Å². The number of rotatable bonds is 20. The fraction of sp³-hybridized carbons (Fsp3) is 0.269. The van der Waals surface area contributed by atoms with Gasteiger partial charge in [0.05, 0.1) is 28.4 Å². The van der Waals surface area contributed by atoms with E-state index >= 15 is 0 Å². The average molecular weight is 935 g/mol. The minimum atomic E-state index is -0.975. The molecule has 0 saturated carbocycles. The summed E-state index contributed by atoms with van der Waals surface area (Å²) in [5, 5.41) is 10.4.